The second-order valence-corrected chi connectivity index (χ2v) is 11.1. The van der Waals surface area contributed by atoms with Crippen LogP contribution in [0.2, 0.25) is 0 Å². The number of halogens is 1. The van der Waals surface area contributed by atoms with E-state index in [1.54, 1.807) is 6.92 Å². The Balaban J connectivity index is 2.35. The van der Waals surface area contributed by atoms with Crippen LogP contribution in [0.25, 0.3) is 10.2 Å². The van der Waals surface area contributed by atoms with E-state index in [9.17, 15) is 19.5 Å². The highest BCUT2D eigenvalue weighted by Gasteiger charge is 2.35. The lowest BCUT2D eigenvalue weighted by atomic mass is 10.00. The molecule has 0 radical (unpaired) electrons. The highest BCUT2D eigenvalue weighted by Crippen LogP contribution is 2.34. The van der Waals surface area contributed by atoms with Crippen molar-refractivity contribution < 1.29 is 14.6 Å². The second-order valence-electron chi connectivity index (χ2n) is 8.80. The number of carboxylic acids is 1. The van der Waals surface area contributed by atoms with Crippen LogP contribution in [0.4, 0.5) is 0 Å². The molecule has 0 saturated carbocycles. The fourth-order valence-corrected chi connectivity index (χ4v) is 5.64. The average molecular weight is 537 g/mol. The molecule has 0 fully saturated rings. The van der Waals surface area contributed by atoms with Gasteiger partial charge in [-0.05, 0) is 73.7 Å². The Morgan fingerprint density at radius 3 is 2.45 bits per heavy atom. The van der Waals surface area contributed by atoms with E-state index >= 15 is 0 Å². The summed E-state index contributed by atoms with van der Waals surface area (Å²) in [6, 6.07) is 7.92. The summed E-state index contributed by atoms with van der Waals surface area (Å²) in [6.07, 6.45) is 0.236. The van der Waals surface area contributed by atoms with Crippen LogP contribution in [0.1, 0.15) is 57.4 Å². The third-order valence-electron chi connectivity index (χ3n) is 5.80. The molecule has 1 atom stereocenters. The van der Waals surface area contributed by atoms with Crippen LogP contribution in [0.5, 0.6) is 0 Å². The molecule has 9 heteroatoms. The predicted molar refractivity (Wildman–Crippen MR) is 135 cm³/mol. The fourth-order valence-electron chi connectivity index (χ4n) is 3.95. The van der Waals surface area contributed by atoms with Gasteiger partial charge in [0.15, 0.2) is 0 Å². The molecule has 2 heterocycles. The highest BCUT2D eigenvalue weighted by atomic mass is 79.9. The third-order valence-corrected chi connectivity index (χ3v) is 7.99. The predicted octanol–water partition coefficient (Wildman–Crippen LogP) is 4.84. The molecular formula is C24H29BrN2O5S. The van der Waals surface area contributed by atoms with Gasteiger partial charge >= 0.3 is 11.7 Å². The minimum atomic E-state index is -1.72. The fraction of sp³-hybridized carbons (Fsp3) is 0.458. The van der Waals surface area contributed by atoms with Crippen molar-refractivity contribution in [2.75, 3.05) is 0 Å². The molecule has 0 saturated heterocycles. The lowest BCUT2D eigenvalue weighted by Gasteiger charge is -2.27. The van der Waals surface area contributed by atoms with Crippen molar-refractivity contribution in [3.8, 4) is 0 Å². The number of carboxylic acid groups (broad SMARTS) is 1. The lowest BCUT2D eigenvalue weighted by Crippen LogP contribution is -2.52. The number of hydrogen-bond donors (Lipinski definition) is 1. The molecule has 0 amide bonds. The van der Waals surface area contributed by atoms with Gasteiger partial charge in [-0.15, -0.1) is 11.3 Å². The van der Waals surface area contributed by atoms with E-state index in [4.69, 9.17) is 4.74 Å². The van der Waals surface area contributed by atoms with Gasteiger partial charge in [-0.1, -0.05) is 31.2 Å². The van der Waals surface area contributed by atoms with Gasteiger partial charge < -0.3 is 9.84 Å². The average Bonchev–Trinajstić information content (AvgIpc) is 3.04. The van der Waals surface area contributed by atoms with Crippen molar-refractivity contribution in [3.63, 3.8) is 0 Å². The van der Waals surface area contributed by atoms with Gasteiger partial charge in [-0.25, -0.2) is 14.2 Å². The van der Waals surface area contributed by atoms with Gasteiger partial charge in [0.1, 0.15) is 16.5 Å². The number of aryl methyl sites for hydroxylation is 2. The van der Waals surface area contributed by atoms with Crippen molar-refractivity contribution in [2.45, 2.75) is 72.3 Å². The number of hydrogen-bond acceptors (Lipinski definition) is 5. The molecular weight excluding hydrogens is 508 g/mol. The Bertz CT molecular complexity index is 1320. The Labute approximate surface area is 204 Å². The zero-order valence-electron chi connectivity index (χ0n) is 19.6. The summed E-state index contributed by atoms with van der Waals surface area (Å²) in [5.74, 6) is -1.26. The zero-order valence-corrected chi connectivity index (χ0v) is 22.0. The van der Waals surface area contributed by atoms with E-state index in [1.807, 2.05) is 38.1 Å². The van der Waals surface area contributed by atoms with Gasteiger partial charge in [0.05, 0.1) is 21.8 Å². The van der Waals surface area contributed by atoms with Crippen LogP contribution in [0.3, 0.4) is 0 Å². The van der Waals surface area contributed by atoms with Crippen molar-refractivity contribution in [1.82, 2.24) is 9.13 Å². The second kappa shape index (κ2) is 9.56. The molecule has 1 N–H and O–H groups in total. The van der Waals surface area contributed by atoms with Crippen molar-refractivity contribution in [1.29, 1.82) is 0 Å². The molecule has 0 spiro atoms. The van der Waals surface area contributed by atoms with E-state index in [-0.39, 0.29) is 12.6 Å². The highest BCUT2D eigenvalue weighted by molar-refractivity contribution is 9.11. The summed E-state index contributed by atoms with van der Waals surface area (Å²) in [4.78, 5) is 39.5. The van der Waals surface area contributed by atoms with E-state index in [0.717, 1.165) is 25.9 Å². The molecule has 3 rings (SSSR count). The van der Waals surface area contributed by atoms with E-state index in [1.165, 1.54) is 29.8 Å². The maximum atomic E-state index is 13.7. The van der Waals surface area contributed by atoms with Crippen molar-refractivity contribution in [3.05, 3.63) is 65.6 Å². The van der Waals surface area contributed by atoms with Gasteiger partial charge in [0.2, 0.25) is 0 Å². The lowest BCUT2D eigenvalue weighted by molar-refractivity contribution is -0.146. The molecule has 0 aliphatic heterocycles. The van der Waals surface area contributed by atoms with E-state index in [2.05, 4.69) is 22.9 Å². The largest absolute Gasteiger partial charge is 0.480 e. The molecule has 7 nitrogen and oxygen atoms in total. The first kappa shape index (κ1) is 25.4. The molecule has 0 aliphatic rings. The van der Waals surface area contributed by atoms with Crippen LogP contribution >= 0.6 is 27.3 Å². The van der Waals surface area contributed by atoms with Crippen LogP contribution < -0.4 is 11.2 Å². The van der Waals surface area contributed by atoms with Gasteiger partial charge in [0, 0.05) is 0 Å². The van der Waals surface area contributed by atoms with Crippen LogP contribution in [0, 0.1) is 6.92 Å². The van der Waals surface area contributed by atoms with E-state index < -0.39 is 28.9 Å². The molecule has 3 aromatic rings. The molecule has 0 aliphatic carbocycles. The number of carbonyl (C=O) groups is 1. The number of fused-ring (bicyclic) bond motifs is 1. The summed E-state index contributed by atoms with van der Waals surface area (Å²) in [7, 11) is 0. The van der Waals surface area contributed by atoms with Crippen LogP contribution in [0.15, 0.2) is 37.6 Å². The van der Waals surface area contributed by atoms with Crippen LogP contribution in [-0.4, -0.2) is 26.3 Å². The third kappa shape index (κ3) is 4.58. The Kier molecular flexibility index (Phi) is 7.36. The van der Waals surface area contributed by atoms with Crippen LogP contribution in [-0.2, 0) is 28.0 Å². The summed E-state index contributed by atoms with van der Waals surface area (Å²) in [5, 5.41) is 10.1. The zero-order chi connectivity index (χ0) is 24.7. The smallest absolute Gasteiger partial charge is 0.333 e. The quantitative estimate of drug-likeness (QED) is 0.444. The Morgan fingerprint density at radius 1 is 1.24 bits per heavy atom. The molecule has 2 aromatic heterocycles. The number of aromatic nitrogens is 2. The Hall–Kier alpha value is -2.23. The summed E-state index contributed by atoms with van der Waals surface area (Å²) >= 11 is 4.78. The topological polar surface area (TPSA) is 90.5 Å². The molecule has 1 unspecified atom stereocenters. The monoisotopic (exact) mass is 536 g/mol. The number of rotatable bonds is 8. The SMILES string of the molecule is CCc1ccccc1C(Cn1c(=O)n(C(C)(C)C(=O)O)c(=O)c2c(C)c(Br)sc21)OC(C)C. The minimum Gasteiger partial charge on any atom is -0.480 e. The molecule has 33 heavy (non-hydrogen) atoms. The van der Waals surface area contributed by atoms with Gasteiger partial charge in [-0.3, -0.25) is 9.36 Å². The normalized spacial score (nSPS) is 13.1. The maximum absolute atomic E-state index is 13.7. The number of aliphatic carboxylic acids is 1. The van der Waals surface area contributed by atoms with Gasteiger partial charge in [0.25, 0.3) is 5.56 Å². The number of benzene rings is 1. The summed E-state index contributed by atoms with van der Waals surface area (Å²) in [6.45, 7) is 10.6. The van der Waals surface area contributed by atoms with Crippen molar-refractivity contribution >= 4 is 43.5 Å². The molecule has 0 bridgehead atoms. The number of ether oxygens (including phenoxy) is 1. The first-order valence-corrected chi connectivity index (χ1v) is 12.4. The maximum Gasteiger partial charge on any atom is 0.333 e. The van der Waals surface area contributed by atoms with E-state index in [0.29, 0.717) is 15.8 Å². The summed E-state index contributed by atoms with van der Waals surface area (Å²) in [5.41, 5.74) is -0.236. The summed E-state index contributed by atoms with van der Waals surface area (Å²) < 4.78 is 9.32. The molecule has 1 aromatic carbocycles. The first-order chi connectivity index (χ1) is 15.4. The van der Waals surface area contributed by atoms with Crippen molar-refractivity contribution in [2.24, 2.45) is 0 Å². The Morgan fingerprint density at radius 2 is 1.88 bits per heavy atom. The number of thiophene rings is 1. The van der Waals surface area contributed by atoms with Gasteiger partial charge in [-0.2, -0.15) is 0 Å². The standard InChI is InChI=1S/C24H29BrN2O5S/c1-7-15-10-8-9-11-16(15)17(32-13(2)3)12-26-21-18(14(4)19(25)33-21)20(28)27(23(26)31)24(5,6)22(29)30/h8-11,13,17H,7,12H2,1-6H3,(H,29,30). The number of nitrogens with zero attached hydrogens (tertiary/aromatic N) is 2. The molecule has 178 valence electrons. The minimum absolute atomic E-state index is 0.107. The first-order valence-electron chi connectivity index (χ1n) is 10.8.